The fraction of sp³-hybridized carbons (Fsp3) is 0.800. The van der Waals surface area contributed by atoms with Gasteiger partial charge in [0, 0.05) is 0 Å². The summed E-state index contributed by atoms with van der Waals surface area (Å²) in [6, 6.07) is 0. The van der Waals surface area contributed by atoms with Crippen molar-refractivity contribution in [2.45, 2.75) is 44.6 Å². The van der Waals surface area contributed by atoms with E-state index in [0.29, 0.717) is 11.8 Å². The van der Waals surface area contributed by atoms with Crippen LogP contribution >= 0.6 is 11.3 Å². The van der Waals surface area contributed by atoms with Gasteiger partial charge in [-0.25, -0.2) is 0 Å². The molecule has 0 aromatic carbocycles. The molecular weight excluding hydrogens is 210 g/mol. The molecule has 1 saturated carbocycles. The van der Waals surface area contributed by atoms with Crippen LogP contribution in [0.2, 0.25) is 0 Å². The predicted molar refractivity (Wildman–Crippen MR) is 60.1 cm³/mol. The molecule has 0 radical (unpaired) electrons. The zero-order valence-corrected chi connectivity index (χ0v) is 9.85. The summed E-state index contributed by atoms with van der Waals surface area (Å²) in [7, 11) is 0. The highest BCUT2D eigenvalue weighted by molar-refractivity contribution is 7.12. The van der Waals surface area contributed by atoms with E-state index in [0.717, 1.165) is 17.8 Å². The lowest BCUT2D eigenvalue weighted by Gasteiger charge is -2.32. The summed E-state index contributed by atoms with van der Waals surface area (Å²) in [6.07, 6.45) is 5.86. The first-order valence-electron chi connectivity index (χ1n) is 5.40. The molecule has 1 aromatic heterocycles. The van der Waals surface area contributed by atoms with Crippen molar-refractivity contribution < 1.29 is 4.74 Å². The molecule has 5 heteroatoms. The Hall–Kier alpha value is -0.680. The maximum absolute atomic E-state index is 6.25. The van der Waals surface area contributed by atoms with E-state index in [-0.39, 0.29) is 5.54 Å². The number of ether oxygens (including phenoxy) is 1. The highest BCUT2D eigenvalue weighted by atomic mass is 32.1. The van der Waals surface area contributed by atoms with Gasteiger partial charge in [0.15, 0.2) is 0 Å². The third-order valence-corrected chi connectivity index (χ3v) is 3.59. The standard InChI is InChI=1S/C10H17N3OS/c1-8-12-13-9(15-8)14-7-10(11)5-3-2-4-6-10/h2-7,11H2,1H3. The van der Waals surface area contributed by atoms with Gasteiger partial charge in [0.25, 0.3) is 5.19 Å². The van der Waals surface area contributed by atoms with E-state index in [1.165, 1.54) is 30.6 Å². The number of rotatable bonds is 3. The molecule has 0 bridgehead atoms. The van der Waals surface area contributed by atoms with E-state index >= 15 is 0 Å². The largest absolute Gasteiger partial charge is 0.467 e. The number of hydrogen-bond acceptors (Lipinski definition) is 5. The van der Waals surface area contributed by atoms with Gasteiger partial charge < -0.3 is 10.5 Å². The Morgan fingerprint density at radius 1 is 1.33 bits per heavy atom. The molecule has 0 saturated heterocycles. The second-order valence-corrected chi connectivity index (χ2v) is 5.44. The number of hydrogen-bond donors (Lipinski definition) is 1. The summed E-state index contributed by atoms with van der Waals surface area (Å²) in [4.78, 5) is 0. The molecular formula is C10H17N3OS. The minimum absolute atomic E-state index is 0.141. The first-order valence-corrected chi connectivity index (χ1v) is 6.21. The van der Waals surface area contributed by atoms with E-state index in [1.807, 2.05) is 6.92 Å². The molecule has 1 aliphatic carbocycles. The molecule has 0 spiro atoms. The first kappa shape index (κ1) is 10.8. The van der Waals surface area contributed by atoms with Gasteiger partial charge in [0.1, 0.15) is 11.6 Å². The van der Waals surface area contributed by atoms with Crippen LogP contribution in [0.15, 0.2) is 0 Å². The van der Waals surface area contributed by atoms with Crippen LogP contribution in [-0.2, 0) is 0 Å². The number of aryl methyl sites for hydroxylation is 1. The normalized spacial score (nSPS) is 20.1. The lowest BCUT2D eigenvalue weighted by atomic mass is 9.83. The molecule has 4 nitrogen and oxygen atoms in total. The molecule has 0 aliphatic heterocycles. The second-order valence-electron chi connectivity index (χ2n) is 4.30. The summed E-state index contributed by atoms with van der Waals surface area (Å²) in [5.41, 5.74) is 6.10. The summed E-state index contributed by atoms with van der Waals surface area (Å²) in [6.45, 7) is 2.49. The summed E-state index contributed by atoms with van der Waals surface area (Å²) < 4.78 is 5.59. The summed E-state index contributed by atoms with van der Waals surface area (Å²) in [5.74, 6) is 0. The van der Waals surface area contributed by atoms with E-state index in [9.17, 15) is 0 Å². The van der Waals surface area contributed by atoms with Gasteiger partial charge in [0.2, 0.25) is 0 Å². The molecule has 2 rings (SSSR count). The molecule has 1 aromatic rings. The van der Waals surface area contributed by atoms with E-state index in [2.05, 4.69) is 10.2 Å². The summed E-state index contributed by atoms with van der Waals surface area (Å²) >= 11 is 1.48. The van der Waals surface area contributed by atoms with Crippen LogP contribution in [0.3, 0.4) is 0 Å². The molecule has 1 fully saturated rings. The lowest BCUT2D eigenvalue weighted by Crippen LogP contribution is -2.47. The molecule has 0 unspecified atom stereocenters. The van der Waals surface area contributed by atoms with Crippen molar-refractivity contribution in [2.24, 2.45) is 5.73 Å². The SMILES string of the molecule is Cc1nnc(OCC2(N)CCCCC2)s1. The quantitative estimate of drug-likeness (QED) is 0.856. The van der Waals surface area contributed by atoms with Crippen LogP contribution < -0.4 is 10.5 Å². The van der Waals surface area contributed by atoms with Gasteiger partial charge in [-0.2, -0.15) is 0 Å². The van der Waals surface area contributed by atoms with Gasteiger partial charge in [-0.15, -0.1) is 10.2 Å². The Morgan fingerprint density at radius 2 is 2.07 bits per heavy atom. The monoisotopic (exact) mass is 227 g/mol. The van der Waals surface area contributed by atoms with Gasteiger partial charge in [-0.3, -0.25) is 0 Å². The van der Waals surface area contributed by atoms with Gasteiger partial charge in [-0.1, -0.05) is 30.6 Å². The Balaban J connectivity index is 1.86. The Labute approximate surface area is 93.8 Å². The van der Waals surface area contributed by atoms with Gasteiger partial charge >= 0.3 is 0 Å². The Bertz CT molecular complexity index is 320. The Kier molecular flexibility index (Phi) is 3.21. The van der Waals surface area contributed by atoms with Crippen LogP contribution in [-0.4, -0.2) is 22.3 Å². The van der Waals surface area contributed by atoms with Crippen molar-refractivity contribution in [2.75, 3.05) is 6.61 Å². The molecule has 2 N–H and O–H groups in total. The third-order valence-electron chi connectivity index (χ3n) is 2.84. The van der Waals surface area contributed by atoms with Crippen molar-refractivity contribution in [3.63, 3.8) is 0 Å². The van der Waals surface area contributed by atoms with Crippen molar-refractivity contribution in [1.29, 1.82) is 0 Å². The fourth-order valence-corrected chi connectivity index (χ4v) is 2.48. The van der Waals surface area contributed by atoms with E-state index in [1.54, 1.807) is 0 Å². The molecule has 15 heavy (non-hydrogen) atoms. The van der Waals surface area contributed by atoms with Crippen LogP contribution in [0.1, 0.15) is 37.1 Å². The highest BCUT2D eigenvalue weighted by Gasteiger charge is 2.28. The van der Waals surface area contributed by atoms with Crippen molar-refractivity contribution >= 4 is 11.3 Å². The number of aromatic nitrogens is 2. The molecule has 0 atom stereocenters. The maximum atomic E-state index is 6.25. The van der Waals surface area contributed by atoms with Crippen molar-refractivity contribution in [3.05, 3.63) is 5.01 Å². The van der Waals surface area contributed by atoms with E-state index in [4.69, 9.17) is 10.5 Å². The molecule has 1 heterocycles. The highest BCUT2D eigenvalue weighted by Crippen LogP contribution is 2.27. The third kappa shape index (κ3) is 2.89. The van der Waals surface area contributed by atoms with E-state index < -0.39 is 0 Å². The average molecular weight is 227 g/mol. The lowest BCUT2D eigenvalue weighted by molar-refractivity contribution is 0.172. The molecule has 1 aliphatic rings. The van der Waals surface area contributed by atoms with Gasteiger partial charge in [-0.05, 0) is 19.8 Å². The van der Waals surface area contributed by atoms with Crippen LogP contribution in [0.5, 0.6) is 5.19 Å². The smallest absolute Gasteiger partial charge is 0.294 e. The predicted octanol–water partition coefficient (Wildman–Crippen LogP) is 1.89. The zero-order valence-electron chi connectivity index (χ0n) is 9.03. The maximum Gasteiger partial charge on any atom is 0.294 e. The number of nitrogens with two attached hydrogens (primary N) is 1. The van der Waals surface area contributed by atoms with Crippen molar-refractivity contribution in [1.82, 2.24) is 10.2 Å². The minimum Gasteiger partial charge on any atom is -0.467 e. The second kappa shape index (κ2) is 4.45. The number of nitrogens with zero attached hydrogens (tertiary/aromatic N) is 2. The molecule has 0 amide bonds. The zero-order chi connectivity index (χ0) is 10.7. The van der Waals surface area contributed by atoms with Gasteiger partial charge in [0.05, 0.1) is 5.54 Å². The topological polar surface area (TPSA) is 61.0 Å². The van der Waals surface area contributed by atoms with Crippen molar-refractivity contribution in [3.8, 4) is 5.19 Å². The molecule has 84 valence electrons. The fourth-order valence-electron chi connectivity index (χ4n) is 1.94. The Morgan fingerprint density at radius 3 is 2.67 bits per heavy atom. The summed E-state index contributed by atoms with van der Waals surface area (Å²) in [5, 5.41) is 9.40. The average Bonchev–Trinajstić information content (AvgIpc) is 2.63. The minimum atomic E-state index is -0.141. The van der Waals surface area contributed by atoms with Crippen LogP contribution in [0, 0.1) is 6.92 Å². The van der Waals surface area contributed by atoms with Crippen LogP contribution in [0.25, 0.3) is 0 Å². The van der Waals surface area contributed by atoms with Crippen LogP contribution in [0.4, 0.5) is 0 Å². The first-order chi connectivity index (χ1) is 7.18.